The number of sulfonamides is 1. The molecule has 1 atom stereocenters. The molecule has 0 aliphatic carbocycles. The summed E-state index contributed by atoms with van der Waals surface area (Å²) in [7, 11) is -1.93. The summed E-state index contributed by atoms with van der Waals surface area (Å²) in [5.74, 6) is -1.12. The normalized spacial score (nSPS) is 14.0. The molecule has 0 aliphatic heterocycles. The van der Waals surface area contributed by atoms with Crippen LogP contribution in [-0.2, 0) is 14.8 Å². The molecule has 0 aliphatic rings. The van der Waals surface area contributed by atoms with Gasteiger partial charge >= 0.3 is 5.97 Å². The maximum atomic E-state index is 10.9. The first-order valence-electron chi connectivity index (χ1n) is 3.76. The average Bonchev–Trinajstić information content (AvgIpc) is 2.04. The van der Waals surface area contributed by atoms with E-state index in [1.807, 2.05) is 0 Å². The zero-order chi connectivity index (χ0) is 10.5. The van der Waals surface area contributed by atoms with E-state index in [0.717, 1.165) is 0 Å². The number of carbonyl (C=O) groups is 1. The van der Waals surface area contributed by atoms with Gasteiger partial charge in [-0.1, -0.05) is 0 Å². The molecule has 0 aromatic rings. The van der Waals surface area contributed by atoms with Crippen LogP contribution in [0.3, 0.4) is 0 Å². The molecule has 0 amide bonds. The topological polar surface area (TPSA) is 95.5 Å². The molecule has 3 N–H and O–H groups in total. The van der Waals surface area contributed by atoms with Crippen LogP contribution in [0.1, 0.15) is 6.92 Å². The number of carboxylic acids is 1. The van der Waals surface area contributed by atoms with Gasteiger partial charge in [0.25, 0.3) is 0 Å². The van der Waals surface area contributed by atoms with E-state index in [2.05, 4.69) is 10.0 Å². The molecule has 7 heteroatoms. The van der Waals surface area contributed by atoms with Crippen molar-refractivity contribution in [2.45, 2.75) is 13.0 Å². The maximum Gasteiger partial charge on any atom is 0.320 e. The van der Waals surface area contributed by atoms with Crippen molar-refractivity contribution in [2.24, 2.45) is 0 Å². The lowest BCUT2D eigenvalue weighted by molar-refractivity contribution is -0.138. The second-order valence-corrected chi connectivity index (χ2v) is 4.58. The van der Waals surface area contributed by atoms with Gasteiger partial charge in [0.1, 0.15) is 6.04 Å². The standard InChI is InChI=1S/C6H14N2O4S/c1-5(6(9)10)8-3-4-13(11,12)7-2/h5,7-8H,3-4H2,1-2H3,(H,9,10). The minimum Gasteiger partial charge on any atom is -0.480 e. The van der Waals surface area contributed by atoms with Crippen molar-refractivity contribution in [2.75, 3.05) is 19.3 Å². The Kier molecular flexibility index (Phi) is 4.89. The molecule has 0 aromatic heterocycles. The highest BCUT2D eigenvalue weighted by molar-refractivity contribution is 7.89. The van der Waals surface area contributed by atoms with Crippen molar-refractivity contribution in [3.63, 3.8) is 0 Å². The largest absolute Gasteiger partial charge is 0.480 e. The summed E-state index contributed by atoms with van der Waals surface area (Å²) in [5.41, 5.74) is 0. The predicted molar refractivity (Wildman–Crippen MR) is 47.9 cm³/mol. The molecule has 78 valence electrons. The van der Waals surface area contributed by atoms with Crippen molar-refractivity contribution in [1.29, 1.82) is 0 Å². The van der Waals surface area contributed by atoms with Crippen molar-refractivity contribution in [3.8, 4) is 0 Å². The summed E-state index contributed by atoms with van der Waals surface area (Å²) in [6, 6.07) is -0.730. The van der Waals surface area contributed by atoms with E-state index in [1.54, 1.807) is 0 Å². The fraction of sp³-hybridized carbons (Fsp3) is 0.833. The molecular weight excluding hydrogens is 196 g/mol. The van der Waals surface area contributed by atoms with Gasteiger partial charge in [0.15, 0.2) is 0 Å². The Balaban J connectivity index is 3.75. The molecule has 0 rings (SSSR count). The van der Waals surface area contributed by atoms with Crippen LogP contribution in [0.2, 0.25) is 0 Å². The fourth-order valence-electron chi connectivity index (χ4n) is 0.599. The quantitative estimate of drug-likeness (QED) is 0.501. The summed E-state index contributed by atoms with van der Waals surface area (Å²) in [6.45, 7) is 1.57. The van der Waals surface area contributed by atoms with Gasteiger partial charge in [-0.2, -0.15) is 0 Å². The summed E-state index contributed by atoms with van der Waals surface area (Å²) >= 11 is 0. The molecule has 6 nitrogen and oxygen atoms in total. The first-order valence-corrected chi connectivity index (χ1v) is 5.41. The van der Waals surface area contributed by atoms with Crippen LogP contribution in [0.4, 0.5) is 0 Å². The summed E-state index contributed by atoms with van der Waals surface area (Å²) < 4.78 is 23.8. The Morgan fingerprint density at radius 1 is 1.54 bits per heavy atom. The van der Waals surface area contributed by atoms with Gasteiger partial charge in [-0.05, 0) is 14.0 Å². The third-order valence-electron chi connectivity index (χ3n) is 1.50. The van der Waals surface area contributed by atoms with Crippen molar-refractivity contribution in [3.05, 3.63) is 0 Å². The molecule has 0 aromatic carbocycles. The van der Waals surface area contributed by atoms with Crippen molar-refractivity contribution < 1.29 is 18.3 Å². The fourth-order valence-corrected chi connectivity index (χ4v) is 1.19. The first-order chi connectivity index (χ1) is 5.89. The molecule has 0 radical (unpaired) electrons. The molecule has 0 heterocycles. The number of carboxylic acid groups (broad SMARTS) is 1. The molecule has 1 unspecified atom stereocenters. The van der Waals surface area contributed by atoms with E-state index >= 15 is 0 Å². The maximum absolute atomic E-state index is 10.9. The van der Waals surface area contributed by atoms with Gasteiger partial charge in [-0.3, -0.25) is 4.79 Å². The highest BCUT2D eigenvalue weighted by Gasteiger charge is 2.11. The first kappa shape index (κ1) is 12.3. The SMILES string of the molecule is CNS(=O)(=O)CCNC(C)C(=O)O. The van der Waals surface area contributed by atoms with E-state index < -0.39 is 22.0 Å². The highest BCUT2D eigenvalue weighted by atomic mass is 32.2. The van der Waals surface area contributed by atoms with E-state index in [9.17, 15) is 13.2 Å². The van der Waals surface area contributed by atoms with E-state index in [4.69, 9.17) is 5.11 Å². The Morgan fingerprint density at radius 2 is 2.08 bits per heavy atom. The Bertz CT molecular complexity index is 262. The van der Waals surface area contributed by atoms with Crippen LogP contribution in [0, 0.1) is 0 Å². The van der Waals surface area contributed by atoms with Crippen LogP contribution in [-0.4, -0.2) is 44.9 Å². The van der Waals surface area contributed by atoms with Crippen LogP contribution in [0.5, 0.6) is 0 Å². The van der Waals surface area contributed by atoms with Crippen LogP contribution < -0.4 is 10.0 Å². The number of aliphatic carboxylic acids is 1. The summed E-state index contributed by atoms with van der Waals surface area (Å²) in [4.78, 5) is 10.3. The third-order valence-corrected chi connectivity index (χ3v) is 2.87. The molecule has 0 bridgehead atoms. The Morgan fingerprint density at radius 3 is 2.46 bits per heavy atom. The minimum absolute atomic E-state index is 0.122. The predicted octanol–water partition coefficient (Wildman–Crippen LogP) is -1.40. The third kappa shape index (κ3) is 5.56. The number of rotatable bonds is 6. The summed E-state index contributed by atoms with van der Waals surface area (Å²) in [6.07, 6.45) is 0. The lowest BCUT2D eigenvalue weighted by Gasteiger charge is -2.08. The lowest BCUT2D eigenvalue weighted by Crippen LogP contribution is -2.38. The average molecular weight is 210 g/mol. The minimum atomic E-state index is -3.25. The van der Waals surface area contributed by atoms with Crippen LogP contribution >= 0.6 is 0 Å². The second kappa shape index (κ2) is 5.15. The highest BCUT2D eigenvalue weighted by Crippen LogP contribution is 1.83. The lowest BCUT2D eigenvalue weighted by atomic mass is 10.3. The molecular formula is C6H14N2O4S. The molecule has 0 spiro atoms. The van der Waals surface area contributed by atoms with E-state index in [1.165, 1.54) is 14.0 Å². The smallest absolute Gasteiger partial charge is 0.320 e. The zero-order valence-corrected chi connectivity index (χ0v) is 8.39. The van der Waals surface area contributed by atoms with Gasteiger partial charge in [-0.15, -0.1) is 0 Å². The Hall–Kier alpha value is -0.660. The second-order valence-electron chi connectivity index (χ2n) is 2.54. The van der Waals surface area contributed by atoms with Gasteiger partial charge in [0, 0.05) is 6.54 Å². The zero-order valence-electron chi connectivity index (χ0n) is 7.57. The monoisotopic (exact) mass is 210 g/mol. The summed E-state index contributed by atoms with van der Waals surface area (Å²) in [5, 5.41) is 11.0. The number of hydrogen-bond donors (Lipinski definition) is 3. The number of nitrogens with one attached hydrogen (secondary N) is 2. The van der Waals surface area contributed by atoms with Crippen molar-refractivity contribution >= 4 is 16.0 Å². The molecule has 0 fully saturated rings. The Labute approximate surface area is 77.4 Å². The van der Waals surface area contributed by atoms with Gasteiger partial charge in [-0.25, -0.2) is 13.1 Å². The molecule has 0 saturated carbocycles. The number of hydrogen-bond acceptors (Lipinski definition) is 4. The van der Waals surface area contributed by atoms with Gasteiger partial charge in [0.05, 0.1) is 5.75 Å². The van der Waals surface area contributed by atoms with Crippen LogP contribution in [0.15, 0.2) is 0 Å². The van der Waals surface area contributed by atoms with Gasteiger partial charge < -0.3 is 10.4 Å². The molecule has 0 saturated heterocycles. The van der Waals surface area contributed by atoms with Crippen LogP contribution in [0.25, 0.3) is 0 Å². The van der Waals surface area contributed by atoms with E-state index in [0.29, 0.717) is 0 Å². The molecule has 13 heavy (non-hydrogen) atoms. The van der Waals surface area contributed by atoms with E-state index in [-0.39, 0.29) is 12.3 Å². The van der Waals surface area contributed by atoms with Crippen molar-refractivity contribution in [1.82, 2.24) is 10.0 Å². The van der Waals surface area contributed by atoms with Gasteiger partial charge in [0.2, 0.25) is 10.0 Å².